The second kappa shape index (κ2) is 12.2. The van der Waals surface area contributed by atoms with Gasteiger partial charge in [-0.3, -0.25) is 10.1 Å². The molecule has 0 aliphatic rings. The Kier molecular flexibility index (Phi) is 8.59. The summed E-state index contributed by atoms with van der Waals surface area (Å²) in [7, 11) is 0. The second-order valence-corrected chi connectivity index (χ2v) is 9.31. The molecule has 188 valence electrons. The number of nitro benzene ring substituents is 1. The number of nitrogens with zero attached hydrogens (tertiary/aromatic N) is 2. The third-order valence-electron chi connectivity index (χ3n) is 5.82. The van der Waals surface area contributed by atoms with E-state index in [4.69, 9.17) is 9.47 Å². The molecular weight excluding hydrogens is 532 g/mol. The summed E-state index contributed by atoms with van der Waals surface area (Å²) < 4.78 is 12.5. The van der Waals surface area contributed by atoms with Crippen molar-refractivity contribution in [3.05, 3.63) is 135 Å². The van der Waals surface area contributed by atoms with Gasteiger partial charge in [-0.05, 0) is 64.3 Å². The van der Waals surface area contributed by atoms with Crippen LogP contribution in [-0.4, -0.2) is 11.5 Å². The predicted molar refractivity (Wildman–Crippen MR) is 151 cm³/mol. The van der Waals surface area contributed by atoms with Crippen molar-refractivity contribution in [1.29, 1.82) is 0 Å². The molecule has 0 atom stereocenters. The van der Waals surface area contributed by atoms with Gasteiger partial charge in [-0.15, -0.1) is 0 Å². The molecule has 0 aromatic heterocycles. The van der Waals surface area contributed by atoms with E-state index in [-0.39, 0.29) is 10.6 Å². The quantitative estimate of drug-likeness (QED) is 0.105. The van der Waals surface area contributed by atoms with E-state index in [1.165, 1.54) is 0 Å². The summed E-state index contributed by atoms with van der Waals surface area (Å²) in [6.07, 6.45) is 1.69. The first-order valence-corrected chi connectivity index (χ1v) is 12.6. The Labute approximate surface area is 225 Å². The molecule has 0 fully saturated rings. The molecule has 0 N–H and O–H groups in total. The van der Waals surface area contributed by atoms with Crippen molar-refractivity contribution in [3.63, 3.8) is 0 Å². The number of nitro groups is 1. The Hall–Kier alpha value is -4.10. The molecule has 0 heterocycles. The average molecular weight is 559 g/mol. The molecule has 0 saturated heterocycles. The first kappa shape index (κ1) is 26.0. The van der Waals surface area contributed by atoms with Gasteiger partial charge in [0.05, 0.1) is 15.0 Å². The molecule has 37 heavy (non-hydrogen) atoms. The van der Waals surface area contributed by atoms with Gasteiger partial charge in [0.2, 0.25) is 0 Å². The molecule has 0 aliphatic carbocycles. The second-order valence-electron chi connectivity index (χ2n) is 8.46. The zero-order chi connectivity index (χ0) is 26.2. The number of halogens is 1. The van der Waals surface area contributed by atoms with Crippen LogP contribution in [0.25, 0.3) is 0 Å². The van der Waals surface area contributed by atoms with Crippen LogP contribution in [0.3, 0.4) is 0 Å². The Morgan fingerprint density at radius 1 is 0.919 bits per heavy atom. The molecule has 0 saturated carbocycles. The van der Waals surface area contributed by atoms with E-state index < -0.39 is 0 Å². The van der Waals surface area contributed by atoms with E-state index in [0.717, 1.165) is 21.3 Å². The first-order chi connectivity index (χ1) is 17.9. The van der Waals surface area contributed by atoms with Crippen LogP contribution in [0.2, 0.25) is 0 Å². The van der Waals surface area contributed by atoms with Crippen molar-refractivity contribution < 1.29 is 14.4 Å². The van der Waals surface area contributed by atoms with Gasteiger partial charge in [0.25, 0.3) is 5.69 Å². The third kappa shape index (κ3) is 6.77. The number of hydrogen-bond acceptors (Lipinski definition) is 5. The van der Waals surface area contributed by atoms with Crippen molar-refractivity contribution in [2.75, 3.05) is 11.5 Å². The van der Waals surface area contributed by atoms with Crippen LogP contribution >= 0.6 is 15.9 Å². The van der Waals surface area contributed by atoms with Crippen LogP contribution in [0, 0.1) is 17.0 Å². The fourth-order valence-electron chi connectivity index (χ4n) is 4.01. The molecule has 0 unspecified atom stereocenters. The molecular formula is C30H27BrN2O4. The van der Waals surface area contributed by atoms with Gasteiger partial charge in [0.1, 0.15) is 23.9 Å². The van der Waals surface area contributed by atoms with Gasteiger partial charge in [0.15, 0.2) is 0 Å². The summed E-state index contributed by atoms with van der Waals surface area (Å²) in [6.45, 7) is 7.08. The maximum atomic E-state index is 11.6. The van der Waals surface area contributed by atoms with Gasteiger partial charge < -0.3 is 14.4 Å². The Morgan fingerprint density at radius 3 is 2.27 bits per heavy atom. The van der Waals surface area contributed by atoms with E-state index in [0.29, 0.717) is 42.5 Å². The average Bonchev–Trinajstić information content (AvgIpc) is 2.90. The lowest BCUT2D eigenvalue weighted by Crippen LogP contribution is -2.23. The standard InChI is InChI=1S/C30H27BrN2O4/c1-3-18-36-30-19-26(16-17-27(30)31)37-25-14-12-24(13-15-25)21-32(20-23-8-5-4-6-9-23)28-10-7-11-29(22(28)2)33(34)35/h3-17,19H,1,18,20-21H2,2H3. The smallest absolute Gasteiger partial charge is 0.274 e. The first-order valence-electron chi connectivity index (χ1n) is 11.8. The van der Waals surface area contributed by atoms with Gasteiger partial charge in [-0.25, -0.2) is 0 Å². The molecule has 4 aromatic carbocycles. The largest absolute Gasteiger partial charge is 0.488 e. The summed E-state index contributed by atoms with van der Waals surface area (Å²) in [4.78, 5) is 13.4. The molecule has 0 spiro atoms. The van der Waals surface area contributed by atoms with Crippen LogP contribution in [0.5, 0.6) is 17.2 Å². The van der Waals surface area contributed by atoms with E-state index in [2.05, 4.69) is 39.5 Å². The summed E-state index contributed by atoms with van der Waals surface area (Å²) in [6, 6.07) is 28.7. The monoisotopic (exact) mass is 558 g/mol. The van der Waals surface area contributed by atoms with E-state index in [9.17, 15) is 10.1 Å². The van der Waals surface area contributed by atoms with E-state index >= 15 is 0 Å². The fraction of sp³-hybridized carbons (Fsp3) is 0.133. The Morgan fingerprint density at radius 2 is 1.59 bits per heavy atom. The maximum absolute atomic E-state index is 11.6. The van der Waals surface area contributed by atoms with Crippen molar-refractivity contribution in [2.45, 2.75) is 20.0 Å². The highest BCUT2D eigenvalue weighted by atomic mass is 79.9. The van der Waals surface area contributed by atoms with Crippen molar-refractivity contribution in [3.8, 4) is 17.2 Å². The van der Waals surface area contributed by atoms with Crippen molar-refractivity contribution >= 4 is 27.3 Å². The minimum absolute atomic E-state index is 0.116. The SMILES string of the molecule is C=CCOc1cc(Oc2ccc(CN(Cc3ccccc3)c3cccc([N+](=O)[O-])c3C)cc2)ccc1Br. The normalized spacial score (nSPS) is 10.5. The summed E-state index contributed by atoms with van der Waals surface area (Å²) in [5.74, 6) is 2.03. The van der Waals surface area contributed by atoms with Crippen LogP contribution in [0.1, 0.15) is 16.7 Å². The van der Waals surface area contributed by atoms with Gasteiger partial charge in [0, 0.05) is 30.9 Å². The minimum Gasteiger partial charge on any atom is -0.488 e. The van der Waals surface area contributed by atoms with Crippen LogP contribution in [-0.2, 0) is 13.1 Å². The van der Waals surface area contributed by atoms with Gasteiger partial charge >= 0.3 is 0 Å². The fourth-order valence-corrected chi connectivity index (χ4v) is 4.37. The number of anilines is 1. The lowest BCUT2D eigenvalue weighted by Gasteiger charge is -2.27. The minimum atomic E-state index is -0.332. The summed E-state index contributed by atoms with van der Waals surface area (Å²) >= 11 is 3.48. The summed E-state index contributed by atoms with van der Waals surface area (Å²) in [5.41, 5.74) is 3.77. The molecule has 4 rings (SSSR count). The molecule has 7 heteroatoms. The van der Waals surface area contributed by atoms with E-state index in [1.807, 2.05) is 66.7 Å². The lowest BCUT2D eigenvalue weighted by molar-refractivity contribution is -0.385. The number of hydrogen-bond donors (Lipinski definition) is 0. The van der Waals surface area contributed by atoms with Crippen molar-refractivity contribution in [2.24, 2.45) is 0 Å². The number of benzene rings is 4. The molecule has 0 bridgehead atoms. The zero-order valence-electron chi connectivity index (χ0n) is 20.5. The molecule has 4 aromatic rings. The number of rotatable bonds is 11. The molecule has 0 aliphatic heterocycles. The van der Waals surface area contributed by atoms with Crippen LogP contribution in [0.4, 0.5) is 11.4 Å². The summed E-state index contributed by atoms with van der Waals surface area (Å²) in [5, 5.41) is 11.6. The van der Waals surface area contributed by atoms with Gasteiger partial charge in [-0.2, -0.15) is 0 Å². The highest BCUT2D eigenvalue weighted by Gasteiger charge is 2.18. The Balaban J connectivity index is 1.55. The van der Waals surface area contributed by atoms with Crippen LogP contribution in [0.15, 0.2) is 108 Å². The predicted octanol–water partition coefficient (Wildman–Crippen LogP) is 8.23. The van der Waals surface area contributed by atoms with Crippen molar-refractivity contribution in [1.82, 2.24) is 0 Å². The molecule has 0 radical (unpaired) electrons. The van der Waals surface area contributed by atoms with Gasteiger partial charge in [-0.1, -0.05) is 61.2 Å². The van der Waals surface area contributed by atoms with E-state index in [1.54, 1.807) is 25.1 Å². The Bertz CT molecular complexity index is 1370. The topological polar surface area (TPSA) is 64.8 Å². The number of ether oxygens (including phenoxy) is 2. The van der Waals surface area contributed by atoms with Crippen LogP contribution < -0.4 is 14.4 Å². The third-order valence-corrected chi connectivity index (χ3v) is 6.48. The molecule has 0 amide bonds. The zero-order valence-corrected chi connectivity index (χ0v) is 22.1. The highest BCUT2D eigenvalue weighted by molar-refractivity contribution is 9.10. The molecule has 6 nitrogen and oxygen atoms in total. The maximum Gasteiger partial charge on any atom is 0.274 e. The lowest BCUT2D eigenvalue weighted by atomic mass is 10.1. The highest BCUT2D eigenvalue weighted by Crippen LogP contribution is 2.33.